The molecule has 1 unspecified atom stereocenters. The molecule has 1 aromatic rings. The van der Waals surface area contributed by atoms with Crippen LogP contribution in [0.4, 0.5) is 23.2 Å². The second kappa shape index (κ2) is 5.11. The molecule has 1 aromatic carbocycles. The Morgan fingerprint density at radius 3 is 2.06 bits per heavy atom. The molecule has 0 aromatic heterocycles. The number of nitrogens with one attached hydrogen (secondary N) is 1. The third kappa shape index (κ3) is 2.72. The third-order valence-electron chi connectivity index (χ3n) is 2.14. The summed E-state index contributed by atoms with van der Waals surface area (Å²) in [5.74, 6) is -7.18. The van der Waals surface area contributed by atoms with E-state index in [4.69, 9.17) is 5.11 Å². The summed E-state index contributed by atoms with van der Waals surface area (Å²) in [7, 11) is -4.36. The van der Waals surface area contributed by atoms with Crippen molar-refractivity contribution in [2.24, 2.45) is 0 Å². The van der Waals surface area contributed by atoms with Gasteiger partial charge in [-0.15, -0.1) is 0 Å². The Balaban J connectivity index is 3.28. The normalized spacial score (nSPS) is 13.4. The van der Waals surface area contributed by atoms with Crippen LogP contribution in [-0.4, -0.2) is 25.4 Å². The molecule has 0 aliphatic carbocycles. The summed E-state index contributed by atoms with van der Waals surface area (Å²) >= 11 is 0. The van der Waals surface area contributed by atoms with E-state index in [0.29, 0.717) is 0 Å². The van der Waals surface area contributed by atoms with E-state index in [1.807, 2.05) is 0 Å². The molecule has 2 N–H and O–H groups in total. The predicted molar refractivity (Wildman–Crippen MR) is 55.4 cm³/mol. The van der Waals surface area contributed by atoms with Crippen molar-refractivity contribution in [3.8, 4) is 0 Å². The quantitative estimate of drug-likeness (QED) is 0.649. The van der Waals surface area contributed by atoms with E-state index in [1.165, 1.54) is 4.72 Å². The van der Waals surface area contributed by atoms with E-state index < -0.39 is 50.8 Å². The Bertz CT molecular complexity index is 535. The fourth-order valence-corrected chi connectivity index (χ4v) is 1.86. The van der Waals surface area contributed by atoms with Crippen LogP contribution in [0, 0.1) is 23.3 Å². The molecule has 0 aliphatic heterocycles. The molecule has 0 radical (unpaired) electrons. The molecule has 0 saturated heterocycles. The first-order valence-corrected chi connectivity index (χ1v) is 6.20. The fourth-order valence-electron chi connectivity index (χ4n) is 1.00. The Morgan fingerprint density at radius 1 is 1.22 bits per heavy atom. The van der Waals surface area contributed by atoms with Gasteiger partial charge < -0.3 is 5.11 Å². The van der Waals surface area contributed by atoms with Crippen molar-refractivity contribution in [2.45, 2.75) is 12.2 Å². The van der Waals surface area contributed by atoms with Gasteiger partial charge in [-0.2, -0.15) is 0 Å². The highest BCUT2D eigenvalue weighted by molar-refractivity contribution is 7.93. The highest BCUT2D eigenvalue weighted by Gasteiger charge is 2.26. The molecule has 0 amide bonds. The lowest BCUT2D eigenvalue weighted by atomic mass is 10.3. The summed E-state index contributed by atoms with van der Waals surface area (Å²) in [5, 5.41) is 7.24. The lowest BCUT2D eigenvalue weighted by Gasteiger charge is -2.14. The maximum absolute atomic E-state index is 13.2. The molecule has 1 atom stereocenters. The van der Waals surface area contributed by atoms with Crippen LogP contribution in [-0.2, 0) is 10.0 Å². The summed E-state index contributed by atoms with van der Waals surface area (Å²) in [6.45, 7) is 0.226. The van der Waals surface area contributed by atoms with E-state index in [-0.39, 0.29) is 6.07 Å². The molecular formula is C9H9F4NO3S. The molecule has 0 bridgehead atoms. The molecule has 0 fully saturated rings. The molecule has 0 saturated carbocycles. The number of sulfonamides is 1. The lowest BCUT2D eigenvalue weighted by molar-refractivity contribution is 0.296. The standard InChI is InChI=1S/C9H9F4NO3S/c1-4(3-15)18(16,17)14-9-7(12)5(10)2-6(11)8(9)13/h2,4,14-15H,3H2,1H3. The summed E-state index contributed by atoms with van der Waals surface area (Å²) in [5.41, 5.74) is -1.45. The molecule has 9 heteroatoms. The Morgan fingerprint density at radius 2 is 1.67 bits per heavy atom. The molecule has 0 heterocycles. The van der Waals surface area contributed by atoms with E-state index in [0.717, 1.165) is 6.92 Å². The predicted octanol–water partition coefficient (Wildman–Crippen LogP) is 1.37. The molecule has 102 valence electrons. The van der Waals surface area contributed by atoms with Crippen molar-refractivity contribution in [1.82, 2.24) is 0 Å². The van der Waals surface area contributed by atoms with Crippen LogP contribution in [0.5, 0.6) is 0 Å². The zero-order valence-electron chi connectivity index (χ0n) is 9.05. The first-order valence-electron chi connectivity index (χ1n) is 4.66. The van der Waals surface area contributed by atoms with Crippen LogP contribution in [0.1, 0.15) is 6.92 Å². The first kappa shape index (κ1) is 14.7. The van der Waals surface area contributed by atoms with Crippen LogP contribution in [0.25, 0.3) is 0 Å². The van der Waals surface area contributed by atoms with E-state index >= 15 is 0 Å². The van der Waals surface area contributed by atoms with Crippen LogP contribution in [0.2, 0.25) is 0 Å². The van der Waals surface area contributed by atoms with Gasteiger partial charge >= 0.3 is 0 Å². The van der Waals surface area contributed by atoms with Crippen molar-refractivity contribution < 1.29 is 31.1 Å². The Hall–Kier alpha value is -1.35. The van der Waals surface area contributed by atoms with Crippen molar-refractivity contribution in [2.75, 3.05) is 11.3 Å². The average molecular weight is 287 g/mol. The van der Waals surface area contributed by atoms with Gasteiger partial charge in [-0.1, -0.05) is 0 Å². The molecule has 0 aliphatic rings. The van der Waals surface area contributed by atoms with Gasteiger partial charge in [0, 0.05) is 6.07 Å². The maximum atomic E-state index is 13.2. The number of benzene rings is 1. The van der Waals surface area contributed by atoms with Gasteiger partial charge in [0.2, 0.25) is 10.0 Å². The van der Waals surface area contributed by atoms with Gasteiger partial charge in [-0.3, -0.25) is 4.72 Å². The number of hydrogen-bond donors (Lipinski definition) is 2. The zero-order valence-corrected chi connectivity index (χ0v) is 9.86. The second-order valence-corrected chi connectivity index (χ2v) is 5.58. The fraction of sp³-hybridized carbons (Fsp3) is 0.333. The van der Waals surface area contributed by atoms with Crippen LogP contribution in [0.15, 0.2) is 6.07 Å². The minimum Gasteiger partial charge on any atom is -0.395 e. The van der Waals surface area contributed by atoms with E-state index in [9.17, 15) is 26.0 Å². The van der Waals surface area contributed by atoms with Gasteiger partial charge in [-0.25, -0.2) is 26.0 Å². The second-order valence-electron chi connectivity index (χ2n) is 3.48. The van der Waals surface area contributed by atoms with Crippen molar-refractivity contribution in [1.29, 1.82) is 0 Å². The van der Waals surface area contributed by atoms with Gasteiger partial charge in [0.1, 0.15) is 10.9 Å². The van der Waals surface area contributed by atoms with Crippen LogP contribution in [0.3, 0.4) is 0 Å². The third-order valence-corrected chi connectivity index (χ3v) is 3.84. The Kier molecular flexibility index (Phi) is 4.17. The van der Waals surface area contributed by atoms with Gasteiger partial charge in [0.05, 0.1) is 6.61 Å². The molecule has 18 heavy (non-hydrogen) atoms. The largest absolute Gasteiger partial charge is 0.395 e. The van der Waals surface area contributed by atoms with Crippen molar-refractivity contribution >= 4 is 15.7 Å². The molecular weight excluding hydrogens is 278 g/mol. The minimum atomic E-state index is -4.36. The lowest BCUT2D eigenvalue weighted by Crippen LogP contribution is -2.29. The summed E-state index contributed by atoms with van der Waals surface area (Å²) in [6, 6.07) is -0.0437. The van der Waals surface area contributed by atoms with Crippen LogP contribution < -0.4 is 4.72 Å². The molecule has 4 nitrogen and oxygen atoms in total. The Labute approximate surface area is 100 Å². The SMILES string of the molecule is CC(CO)S(=O)(=O)Nc1c(F)c(F)cc(F)c1F. The van der Waals surface area contributed by atoms with E-state index in [2.05, 4.69) is 0 Å². The van der Waals surface area contributed by atoms with Crippen molar-refractivity contribution in [3.05, 3.63) is 29.3 Å². The number of rotatable bonds is 4. The van der Waals surface area contributed by atoms with Crippen LogP contribution >= 0.6 is 0 Å². The topological polar surface area (TPSA) is 66.4 Å². The summed E-state index contributed by atoms with van der Waals surface area (Å²) in [4.78, 5) is 0. The monoisotopic (exact) mass is 287 g/mol. The number of anilines is 1. The van der Waals surface area contributed by atoms with Gasteiger partial charge in [-0.05, 0) is 6.92 Å². The maximum Gasteiger partial charge on any atom is 0.237 e. The molecule has 0 spiro atoms. The summed E-state index contributed by atoms with van der Waals surface area (Å²) in [6.07, 6.45) is 0. The van der Waals surface area contributed by atoms with Gasteiger partial charge in [0.15, 0.2) is 23.3 Å². The average Bonchev–Trinajstić information content (AvgIpc) is 2.31. The highest BCUT2D eigenvalue weighted by atomic mass is 32.2. The first-order chi connectivity index (χ1) is 8.20. The number of halogens is 4. The summed E-state index contributed by atoms with van der Waals surface area (Å²) < 4.78 is 76.1. The number of aliphatic hydroxyl groups excluding tert-OH is 1. The van der Waals surface area contributed by atoms with Gasteiger partial charge in [0.25, 0.3) is 0 Å². The minimum absolute atomic E-state index is 0.0437. The molecule has 1 rings (SSSR count). The number of hydrogen-bond acceptors (Lipinski definition) is 3. The van der Waals surface area contributed by atoms with Crippen molar-refractivity contribution in [3.63, 3.8) is 0 Å². The highest BCUT2D eigenvalue weighted by Crippen LogP contribution is 2.25. The van der Waals surface area contributed by atoms with E-state index in [1.54, 1.807) is 0 Å². The number of aliphatic hydroxyl groups is 1. The smallest absolute Gasteiger partial charge is 0.237 e. The zero-order chi connectivity index (χ0) is 14.1.